The summed E-state index contributed by atoms with van der Waals surface area (Å²) in [7, 11) is 3.41. The molecule has 0 bridgehead atoms. The van der Waals surface area contributed by atoms with Crippen LogP contribution < -0.4 is 14.8 Å². The Labute approximate surface area is 96.8 Å². The van der Waals surface area contributed by atoms with Crippen LogP contribution in [-0.4, -0.2) is 20.8 Å². The quantitative estimate of drug-likeness (QED) is 0.828. The zero-order valence-corrected chi connectivity index (χ0v) is 10.4. The van der Waals surface area contributed by atoms with Crippen LogP contribution in [0.2, 0.25) is 0 Å². The van der Waals surface area contributed by atoms with Crippen molar-refractivity contribution in [3.05, 3.63) is 22.3 Å². The summed E-state index contributed by atoms with van der Waals surface area (Å²) < 4.78 is 10.9. The molecule has 3 heteroatoms. The summed E-state index contributed by atoms with van der Waals surface area (Å²) in [5.74, 6) is 1.77. The molecule has 0 atom stereocenters. The Morgan fingerprint density at radius 2 is 1.50 bits per heavy atom. The molecule has 2 rings (SSSR count). The molecule has 88 valence electrons. The Hall–Kier alpha value is -1.22. The molecular formula is C13H19NO2. The van der Waals surface area contributed by atoms with Gasteiger partial charge in [-0.15, -0.1) is 0 Å². The van der Waals surface area contributed by atoms with Crippen molar-refractivity contribution in [2.75, 3.05) is 20.8 Å². The Morgan fingerprint density at radius 3 is 2.06 bits per heavy atom. The first-order valence-corrected chi connectivity index (χ1v) is 5.64. The third-order valence-corrected chi connectivity index (χ3v) is 3.42. The zero-order valence-electron chi connectivity index (χ0n) is 10.4. The van der Waals surface area contributed by atoms with Crippen LogP contribution in [0.1, 0.15) is 22.3 Å². The summed E-state index contributed by atoms with van der Waals surface area (Å²) in [6, 6.07) is 0. The molecule has 0 spiro atoms. The van der Waals surface area contributed by atoms with Crippen LogP contribution in [0.4, 0.5) is 0 Å². The van der Waals surface area contributed by atoms with E-state index in [2.05, 4.69) is 19.2 Å². The maximum Gasteiger partial charge on any atom is 0.164 e. The number of rotatable bonds is 2. The van der Waals surface area contributed by atoms with Crippen LogP contribution in [0.15, 0.2) is 0 Å². The van der Waals surface area contributed by atoms with Crippen molar-refractivity contribution in [3.8, 4) is 11.5 Å². The second kappa shape index (κ2) is 4.34. The maximum atomic E-state index is 5.47. The van der Waals surface area contributed by atoms with E-state index in [1.165, 1.54) is 22.3 Å². The number of methoxy groups -OCH3 is 2. The van der Waals surface area contributed by atoms with E-state index in [1.807, 2.05) is 0 Å². The number of hydrogen-bond donors (Lipinski definition) is 1. The molecule has 16 heavy (non-hydrogen) atoms. The minimum Gasteiger partial charge on any atom is -0.493 e. The molecule has 0 saturated heterocycles. The number of benzene rings is 1. The molecule has 1 aromatic rings. The highest BCUT2D eigenvalue weighted by atomic mass is 16.5. The molecule has 0 saturated carbocycles. The van der Waals surface area contributed by atoms with E-state index in [0.717, 1.165) is 31.0 Å². The van der Waals surface area contributed by atoms with E-state index in [-0.39, 0.29) is 0 Å². The second-order valence-corrected chi connectivity index (χ2v) is 4.20. The van der Waals surface area contributed by atoms with Gasteiger partial charge in [0.25, 0.3) is 0 Å². The molecule has 0 radical (unpaired) electrons. The van der Waals surface area contributed by atoms with Crippen LogP contribution >= 0.6 is 0 Å². The van der Waals surface area contributed by atoms with Gasteiger partial charge in [-0.3, -0.25) is 0 Å². The van der Waals surface area contributed by atoms with E-state index < -0.39 is 0 Å². The van der Waals surface area contributed by atoms with Gasteiger partial charge in [-0.05, 0) is 49.1 Å². The molecule has 0 aliphatic carbocycles. The lowest BCUT2D eigenvalue weighted by molar-refractivity contribution is 0.349. The molecule has 3 nitrogen and oxygen atoms in total. The summed E-state index contributed by atoms with van der Waals surface area (Å²) in [4.78, 5) is 0. The predicted molar refractivity (Wildman–Crippen MR) is 64.4 cm³/mol. The lowest BCUT2D eigenvalue weighted by Gasteiger charge is -2.25. The molecule has 1 aromatic carbocycles. The molecule has 1 aliphatic rings. The van der Waals surface area contributed by atoms with Crippen LogP contribution in [0.3, 0.4) is 0 Å². The molecule has 0 aromatic heterocycles. The minimum atomic E-state index is 0.877. The van der Waals surface area contributed by atoms with E-state index in [0.29, 0.717) is 0 Å². The predicted octanol–water partition coefficient (Wildman–Crippen LogP) is 1.97. The number of fused-ring (bicyclic) bond motifs is 1. The Balaban J connectivity index is 2.69. The average molecular weight is 221 g/mol. The van der Waals surface area contributed by atoms with E-state index in [9.17, 15) is 0 Å². The first kappa shape index (κ1) is 11.3. The maximum absolute atomic E-state index is 5.47. The van der Waals surface area contributed by atoms with Crippen molar-refractivity contribution >= 4 is 0 Å². The van der Waals surface area contributed by atoms with Crippen molar-refractivity contribution in [1.29, 1.82) is 0 Å². The molecule has 0 fully saturated rings. The van der Waals surface area contributed by atoms with Gasteiger partial charge in [-0.25, -0.2) is 0 Å². The lowest BCUT2D eigenvalue weighted by Crippen LogP contribution is -2.25. The van der Waals surface area contributed by atoms with Crippen LogP contribution in [-0.2, 0) is 13.0 Å². The van der Waals surface area contributed by atoms with Crippen molar-refractivity contribution in [3.63, 3.8) is 0 Å². The van der Waals surface area contributed by atoms with Crippen LogP contribution in [0.5, 0.6) is 11.5 Å². The smallest absolute Gasteiger partial charge is 0.164 e. The largest absolute Gasteiger partial charge is 0.493 e. The minimum absolute atomic E-state index is 0.877. The highest BCUT2D eigenvalue weighted by molar-refractivity contribution is 5.59. The fourth-order valence-electron chi connectivity index (χ4n) is 2.56. The van der Waals surface area contributed by atoms with E-state index >= 15 is 0 Å². The number of hydrogen-bond acceptors (Lipinski definition) is 3. The van der Waals surface area contributed by atoms with Gasteiger partial charge in [0.05, 0.1) is 14.2 Å². The van der Waals surface area contributed by atoms with Gasteiger partial charge >= 0.3 is 0 Å². The molecule has 0 unspecified atom stereocenters. The van der Waals surface area contributed by atoms with Crippen molar-refractivity contribution in [1.82, 2.24) is 5.32 Å². The van der Waals surface area contributed by atoms with Gasteiger partial charge in [-0.2, -0.15) is 0 Å². The molecule has 1 N–H and O–H groups in total. The summed E-state index contributed by atoms with van der Waals surface area (Å²) in [5, 5.41) is 3.40. The highest BCUT2D eigenvalue weighted by Gasteiger charge is 2.22. The lowest BCUT2D eigenvalue weighted by atomic mass is 9.91. The normalized spacial score (nSPS) is 14.5. The van der Waals surface area contributed by atoms with Crippen molar-refractivity contribution in [2.24, 2.45) is 0 Å². The summed E-state index contributed by atoms with van der Waals surface area (Å²) in [6.45, 7) is 6.20. The van der Waals surface area contributed by atoms with Crippen LogP contribution in [0, 0.1) is 13.8 Å². The summed E-state index contributed by atoms with van der Waals surface area (Å²) in [5.41, 5.74) is 5.23. The third-order valence-electron chi connectivity index (χ3n) is 3.42. The standard InChI is InChI=1S/C13H19NO2/c1-8-10-5-6-14-7-11(10)9(2)13(16-4)12(8)15-3/h14H,5-7H2,1-4H3. The van der Waals surface area contributed by atoms with E-state index in [4.69, 9.17) is 9.47 Å². The Bertz CT molecular complexity index is 357. The summed E-state index contributed by atoms with van der Waals surface area (Å²) in [6.07, 6.45) is 1.07. The molecule has 1 heterocycles. The average Bonchev–Trinajstić information content (AvgIpc) is 2.33. The fourth-order valence-corrected chi connectivity index (χ4v) is 2.56. The topological polar surface area (TPSA) is 30.5 Å². The van der Waals surface area contributed by atoms with E-state index in [1.54, 1.807) is 14.2 Å². The van der Waals surface area contributed by atoms with Gasteiger partial charge in [0.15, 0.2) is 11.5 Å². The molecule has 0 amide bonds. The fraction of sp³-hybridized carbons (Fsp3) is 0.538. The van der Waals surface area contributed by atoms with Crippen molar-refractivity contribution in [2.45, 2.75) is 26.8 Å². The van der Waals surface area contributed by atoms with Gasteiger partial charge in [-0.1, -0.05) is 0 Å². The van der Waals surface area contributed by atoms with Gasteiger partial charge in [0.1, 0.15) is 0 Å². The monoisotopic (exact) mass is 221 g/mol. The Kier molecular flexibility index (Phi) is 3.06. The first-order chi connectivity index (χ1) is 7.70. The number of ether oxygens (including phenoxy) is 2. The first-order valence-electron chi connectivity index (χ1n) is 5.64. The zero-order chi connectivity index (χ0) is 11.7. The molecular weight excluding hydrogens is 202 g/mol. The van der Waals surface area contributed by atoms with Gasteiger partial charge in [0, 0.05) is 6.54 Å². The van der Waals surface area contributed by atoms with Crippen LogP contribution in [0.25, 0.3) is 0 Å². The summed E-state index contributed by atoms with van der Waals surface area (Å²) >= 11 is 0. The highest BCUT2D eigenvalue weighted by Crippen LogP contribution is 2.40. The third kappa shape index (κ3) is 1.55. The Morgan fingerprint density at radius 1 is 0.938 bits per heavy atom. The number of nitrogens with one attached hydrogen (secondary N) is 1. The van der Waals surface area contributed by atoms with Crippen molar-refractivity contribution < 1.29 is 9.47 Å². The second-order valence-electron chi connectivity index (χ2n) is 4.20. The SMILES string of the molecule is COc1c(C)c2c(c(C)c1OC)CNCC2. The van der Waals surface area contributed by atoms with Gasteiger partial charge < -0.3 is 14.8 Å². The van der Waals surface area contributed by atoms with Gasteiger partial charge in [0.2, 0.25) is 0 Å². The molecule has 1 aliphatic heterocycles.